The van der Waals surface area contributed by atoms with Crippen LogP contribution >= 0.6 is 0 Å². The number of anilines is 1. The molecule has 1 aliphatic heterocycles. The topological polar surface area (TPSA) is 46.3 Å². The zero-order valence-corrected chi connectivity index (χ0v) is 9.47. The molecule has 0 aromatic heterocycles. The first-order valence-corrected chi connectivity index (χ1v) is 5.81. The van der Waals surface area contributed by atoms with Gasteiger partial charge in [0.05, 0.1) is 6.04 Å². The van der Waals surface area contributed by atoms with Gasteiger partial charge in [-0.2, -0.15) is 0 Å². The monoisotopic (exact) mass is 226 g/mol. The van der Waals surface area contributed by atoms with E-state index in [1.807, 2.05) is 30.3 Å². The number of carbonyl (C=O) groups excluding carboxylic acids is 1. The van der Waals surface area contributed by atoms with Crippen molar-refractivity contribution in [2.75, 3.05) is 11.4 Å². The van der Waals surface area contributed by atoms with E-state index in [-0.39, 0.29) is 11.9 Å². The molecule has 0 spiro atoms. The number of hydrogen-bond donors (Lipinski definition) is 1. The van der Waals surface area contributed by atoms with Gasteiger partial charge in [0.2, 0.25) is 5.91 Å². The van der Waals surface area contributed by atoms with E-state index >= 15 is 0 Å². The standard InChI is InChI=1S/C14H14N2O/c15-13-7-8-16(14(13)17)12-6-5-10-3-1-2-4-11(10)9-12/h1-6,9,13H,7-8,15H2. The molecule has 1 aliphatic rings. The Kier molecular flexibility index (Phi) is 2.34. The van der Waals surface area contributed by atoms with Gasteiger partial charge >= 0.3 is 0 Å². The summed E-state index contributed by atoms with van der Waals surface area (Å²) in [4.78, 5) is 13.6. The van der Waals surface area contributed by atoms with Crippen molar-refractivity contribution in [2.45, 2.75) is 12.5 Å². The van der Waals surface area contributed by atoms with Gasteiger partial charge < -0.3 is 10.6 Å². The molecule has 1 heterocycles. The first-order chi connectivity index (χ1) is 8.25. The maximum absolute atomic E-state index is 11.8. The summed E-state index contributed by atoms with van der Waals surface area (Å²) in [7, 11) is 0. The first-order valence-electron chi connectivity index (χ1n) is 5.81. The SMILES string of the molecule is NC1CCN(c2ccc3ccccc3c2)C1=O. The van der Waals surface area contributed by atoms with Gasteiger partial charge in [-0.15, -0.1) is 0 Å². The third-order valence-corrected chi connectivity index (χ3v) is 3.29. The third-order valence-electron chi connectivity index (χ3n) is 3.29. The summed E-state index contributed by atoms with van der Waals surface area (Å²) in [5, 5.41) is 2.34. The smallest absolute Gasteiger partial charge is 0.243 e. The Bertz CT molecular complexity index is 579. The van der Waals surface area contributed by atoms with Gasteiger partial charge in [-0.05, 0) is 29.3 Å². The van der Waals surface area contributed by atoms with Crippen LogP contribution in [-0.4, -0.2) is 18.5 Å². The minimum Gasteiger partial charge on any atom is -0.320 e. The van der Waals surface area contributed by atoms with E-state index < -0.39 is 0 Å². The average molecular weight is 226 g/mol. The minimum absolute atomic E-state index is 0.0280. The Morgan fingerprint density at radius 2 is 1.88 bits per heavy atom. The van der Waals surface area contributed by atoms with Crippen LogP contribution in [0, 0.1) is 0 Å². The minimum atomic E-state index is -0.332. The van der Waals surface area contributed by atoms with Crippen molar-refractivity contribution in [3.63, 3.8) is 0 Å². The zero-order chi connectivity index (χ0) is 11.8. The number of amides is 1. The van der Waals surface area contributed by atoms with Crippen LogP contribution in [0.15, 0.2) is 42.5 Å². The maximum Gasteiger partial charge on any atom is 0.243 e. The second kappa shape index (κ2) is 3.86. The molecule has 1 unspecified atom stereocenters. The molecule has 0 saturated carbocycles. The van der Waals surface area contributed by atoms with Crippen molar-refractivity contribution in [1.29, 1.82) is 0 Å². The lowest BCUT2D eigenvalue weighted by Gasteiger charge is -2.16. The molecule has 1 amide bonds. The highest BCUT2D eigenvalue weighted by molar-refractivity contribution is 6.01. The number of hydrogen-bond acceptors (Lipinski definition) is 2. The lowest BCUT2D eigenvalue weighted by Crippen LogP contribution is -2.33. The van der Waals surface area contributed by atoms with Gasteiger partial charge in [0.1, 0.15) is 0 Å². The van der Waals surface area contributed by atoms with Crippen molar-refractivity contribution >= 4 is 22.4 Å². The van der Waals surface area contributed by atoms with Crippen LogP contribution < -0.4 is 10.6 Å². The van der Waals surface area contributed by atoms with Crippen molar-refractivity contribution in [1.82, 2.24) is 0 Å². The summed E-state index contributed by atoms with van der Waals surface area (Å²) in [6.07, 6.45) is 0.742. The number of carbonyl (C=O) groups is 1. The van der Waals surface area contributed by atoms with Crippen LogP contribution in [0.5, 0.6) is 0 Å². The molecule has 2 aromatic carbocycles. The van der Waals surface area contributed by atoms with Crippen molar-refractivity contribution in [2.24, 2.45) is 5.73 Å². The molecule has 0 aliphatic carbocycles. The van der Waals surface area contributed by atoms with Gasteiger partial charge in [-0.25, -0.2) is 0 Å². The van der Waals surface area contributed by atoms with Crippen LogP contribution in [0.4, 0.5) is 5.69 Å². The number of nitrogens with two attached hydrogens (primary N) is 1. The summed E-state index contributed by atoms with van der Waals surface area (Å²) in [5.41, 5.74) is 6.67. The highest BCUT2D eigenvalue weighted by Gasteiger charge is 2.29. The molecule has 1 atom stereocenters. The Hall–Kier alpha value is -1.87. The molecule has 2 N–H and O–H groups in total. The van der Waals surface area contributed by atoms with Crippen LogP contribution in [0.1, 0.15) is 6.42 Å². The van der Waals surface area contributed by atoms with E-state index in [9.17, 15) is 4.79 Å². The molecule has 3 heteroatoms. The number of benzene rings is 2. The largest absolute Gasteiger partial charge is 0.320 e. The molecular weight excluding hydrogens is 212 g/mol. The van der Waals surface area contributed by atoms with Gasteiger partial charge in [0.15, 0.2) is 0 Å². The average Bonchev–Trinajstić information content (AvgIpc) is 2.70. The highest BCUT2D eigenvalue weighted by atomic mass is 16.2. The summed E-state index contributed by atoms with van der Waals surface area (Å²) in [6.45, 7) is 0.721. The van der Waals surface area contributed by atoms with Crippen LogP contribution in [-0.2, 0) is 4.79 Å². The second-order valence-corrected chi connectivity index (χ2v) is 4.42. The fourth-order valence-electron chi connectivity index (χ4n) is 2.30. The molecule has 2 aromatic rings. The molecule has 0 radical (unpaired) electrons. The fourth-order valence-corrected chi connectivity index (χ4v) is 2.30. The summed E-state index contributed by atoms with van der Waals surface area (Å²) < 4.78 is 0. The van der Waals surface area contributed by atoms with E-state index in [2.05, 4.69) is 12.1 Å². The van der Waals surface area contributed by atoms with Crippen molar-refractivity contribution < 1.29 is 4.79 Å². The normalized spacial score (nSPS) is 20.2. The first kappa shape index (κ1) is 10.3. The Morgan fingerprint density at radius 3 is 2.59 bits per heavy atom. The number of rotatable bonds is 1. The molecule has 0 bridgehead atoms. The van der Waals surface area contributed by atoms with Gasteiger partial charge in [0, 0.05) is 12.2 Å². The van der Waals surface area contributed by atoms with E-state index in [1.165, 1.54) is 5.39 Å². The Balaban J connectivity index is 2.04. The Morgan fingerprint density at radius 1 is 1.12 bits per heavy atom. The molecule has 17 heavy (non-hydrogen) atoms. The van der Waals surface area contributed by atoms with Crippen LogP contribution in [0.25, 0.3) is 10.8 Å². The fraction of sp³-hybridized carbons (Fsp3) is 0.214. The predicted octanol–water partition coefficient (Wildman–Crippen LogP) is 1.90. The Labute approximate surface area is 99.8 Å². The van der Waals surface area contributed by atoms with E-state index in [1.54, 1.807) is 4.90 Å². The van der Waals surface area contributed by atoms with E-state index in [4.69, 9.17) is 5.73 Å². The number of fused-ring (bicyclic) bond motifs is 1. The zero-order valence-electron chi connectivity index (χ0n) is 9.47. The molecule has 3 rings (SSSR count). The third kappa shape index (κ3) is 1.68. The highest BCUT2D eigenvalue weighted by Crippen LogP contribution is 2.25. The van der Waals surface area contributed by atoms with Gasteiger partial charge in [-0.3, -0.25) is 4.79 Å². The van der Waals surface area contributed by atoms with Gasteiger partial charge in [-0.1, -0.05) is 30.3 Å². The van der Waals surface area contributed by atoms with Crippen molar-refractivity contribution in [3.05, 3.63) is 42.5 Å². The van der Waals surface area contributed by atoms with E-state index in [0.717, 1.165) is 24.0 Å². The summed E-state index contributed by atoms with van der Waals surface area (Å²) in [5.74, 6) is 0.0280. The molecule has 1 fully saturated rings. The van der Waals surface area contributed by atoms with Crippen LogP contribution in [0.3, 0.4) is 0 Å². The van der Waals surface area contributed by atoms with Gasteiger partial charge in [0.25, 0.3) is 0 Å². The predicted molar refractivity (Wildman–Crippen MR) is 68.9 cm³/mol. The molecule has 86 valence electrons. The molecule has 3 nitrogen and oxygen atoms in total. The maximum atomic E-state index is 11.8. The molecule has 1 saturated heterocycles. The van der Waals surface area contributed by atoms with E-state index in [0.29, 0.717) is 0 Å². The lowest BCUT2D eigenvalue weighted by atomic mass is 10.1. The lowest BCUT2D eigenvalue weighted by molar-refractivity contribution is -0.118. The summed E-state index contributed by atoms with van der Waals surface area (Å²) >= 11 is 0. The number of nitrogens with zero attached hydrogens (tertiary/aromatic N) is 1. The second-order valence-electron chi connectivity index (χ2n) is 4.42. The van der Waals surface area contributed by atoms with Crippen LogP contribution in [0.2, 0.25) is 0 Å². The molecular formula is C14H14N2O. The summed E-state index contributed by atoms with van der Waals surface area (Å²) in [6, 6.07) is 13.9. The van der Waals surface area contributed by atoms with Crippen molar-refractivity contribution in [3.8, 4) is 0 Å². The quantitative estimate of drug-likeness (QED) is 0.807.